The molecule has 3 aliphatic rings. The lowest BCUT2D eigenvalue weighted by Gasteiger charge is -2.23. The molecule has 0 radical (unpaired) electrons. The van der Waals surface area contributed by atoms with Crippen molar-refractivity contribution in [2.24, 2.45) is 5.73 Å². The fraction of sp³-hybridized carbons (Fsp3) is 0.407. The molecule has 4 N–H and O–H groups in total. The zero-order valence-electron chi connectivity index (χ0n) is 22.5. The lowest BCUT2D eigenvalue weighted by Crippen LogP contribution is -2.52. The van der Waals surface area contributed by atoms with Gasteiger partial charge in [-0.3, -0.25) is 19.0 Å². The van der Waals surface area contributed by atoms with Crippen LogP contribution in [0.15, 0.2) is 30.5 Å². The van der Waals surface area contributed by atoms with Gasteiger partial charge in [-0.15, -0.1) is 0 Å². The van der Waals surface area contributed by atoms with E-state index in [4.69, 9.17) is 28.9 Å². The SMILES string of the molecule is C[C@H]1C(=O)N(c2cc(Cl)c(F)c(Cl)c2)c2ncc(C(=O)NC3(C(=O)NC4(c5ccc(C(C)(C)N)nn5)CC4)CC3)n21. The molecule has 11 nitrogen and oxygen atoms in total. The Labute approximate surface area is 244 Å². The molecule has 1 aromatic carbocycles. The number of aromatic nitrogens is 4. The van der Waals surface area contributed by atoms with Crippen LogP contribution in [-0.4, -0.2) is 43.0 Å². The van der Waals surface area contributed by atoms with Crippen molar-refractivity contribution in [2.45, 2.75) is 69.1 Å². The Morgan fingerprint density at radius 1 is 1.10 bits per heavy atom. The van der Waals surface area contributed by atoms with Gasteiger partial charge in [0, 0.05) is 0 Å². The van der Waals surface area contributed by atoms with Crippen molar-refractivity contribution in [1.29, 1.82) is 0 Å². The summed E-state index contributed by atoms with van der Waals surface area (Å²) < 4.78 is 15.5. The fourth-order valence-corrected chi connectivity index (χ4v) is 5.51. The second-order valence-corrected chi connectivity index (χ2v) is 12.3. The molecule has 3 aromatic rings. The zero-order valence-corrected chi connectivity index (χ0v) is 24.0. The summed E-state index contributed by atoms with van der Waals surface area (Å²) in [7, 11) is 0. The van der Waals surface area contributed by atoms with Gasteiger partial charge in [0.1, 0.15) is 17.3 Å². The Morgan fingerprint density at radius 3 is 2.29 bits per heavy atom. The summed E-state index contributed by atoms with van der Waals surface area (Å²) in [4.78, 5) is 45.6. The lowest BCUT2D eigenvalue weighted by molar-refractivity contribution is -0.125. The summed E-state index contributed by atoms with van der Waals surface area (Å²) in [5.74, 6) is -1.91. The zero-order chi connectivity index (χ0) is 29.5. The normalized spacial score (nSPS) is 20.0. The Morgan fingerprint density at radius 2 is 1.76 bits per heavy atom. The largest absolute Gasteiger partial charge is 0.343 e. The minimum absolute atomic E-state index is 0.105. The monoisotopic (exact) mass is 600 g/mol. The van der Waals surface area contributed by atoms with Crippen molar-refractivity contribution >= 4 is 52.6 Å². The summed E-state index contributed by atoms with van der Waals surface area (Å²) in [5.41, 5.74) is 5.34. The smallest absolute Gasteiger partial charge is 0.270 e. The van der Waals surface area contributed by atoms with E-state index in [1.165, 1.54) is 27.8 Å². The highest BCUT2D eigenvalue weighted by Gasteiger charge is 2.57. The molecule has 3 amide bonds. The third-order valence-corrected chi connectivity index (χ3v) is 8.41. The van der Waals surface area contributed by atoms with E-state index in [2.05, 4.69) is 25.8 Å². The maximum Gasteiger partial charge on any atom is 0.270 e. The molecule has 2 aliphatic carbocycles. The van der Waals surface area contributed by atoms with Crippen molar-refractivity contribution in [3.63, 3.8) is 0 Å². The van der Waals surface area contributed by atoms with Gasteiger partial charge in [-0.1, -0.05) is 23.2 Å². The molecule has 1 aliphatic heterocycles. The summed E-state index contributed by atoms with van der Waals surface area (Å²) >= 11 is 11.9. The summed E-state index contributed by atoms with van der Waals surface area (Å²) in [6.45, 7) is 5.29. The predicted octanol–water partition coefficient (Wildman–Crippen LogP) is 3.62. The Balaban J connectivity index is 1.20. The molecular formula is C27H27Cl2FN8O3. The van der Waals surface area contributed by atoms with Crippen LogP contribution in [-0.2, 0) is 20.7 Å². The number of rotatable bonds is 7. The minimum atomic E-state index is -1.09. The lowest BCUT2D eigenvalue weighted by atomic mass is 10.0. The third-order valence-electron chi connectivity index (χ3n) is 7.86. The van der Waals surface area contributed by atoms with Gasteiger partial charge in [0.05, 0.1) is 44.4 Å². The highest BCUT2D eigenvalue weighted by molar-refractivity contribution is 6.35. The summed E-state index contributed by atoms with van der Waals surface area (Å²) in [6.07, 6.45) is 3.65. The molecule has 2 fully saturated rings. The molecular weight excluding hydrogens is 574 g/mol. The van der Waals surface area contributed by atoms with E-state index in [0.717, 1.165) is 0 Å². The van der Waals surface area contributed by atoms with Crippen LogP contribution in [0, 0.1) is 5.82 Å². The topological polar surface area (TPSA) is 148 Å². The summed E-state index contributed by atoms with van der Waals surface area (Å²) in [5, 5.41) is 14.0. The van der Waals surface area contributed by atoms with Gasteiger partial charge in [0.25, 0.3) is 11.8 Å². The second kappa shape index (κ2) is 9.20. The Kier molecular flexibility index (Phi) is 6.18. The number of nitrogens with one attached hydrogen (secondary N) is 2. The van der Waals surface area contributed by atoms with Crippen molar-refractivity contribution < 1.29 is 18.8 Å². The second-order valence-electron chi connectivity index (χ2n) is 11.5. The van der Waals surface area contributed by atoms with E-state index in [9.17, 15) is 18.8 Å². The predicted molar refractivity (Wildman–Crippen MR) is 148 cm³/mol. The van der Waals surface area contributed by atoms with Crippen LogP contribution in [0.4, 0.5) is 16.0 Å². The van der Waals surface area contributed by atoms with Gasteiger partial charge in [-0.05, 0) is 70.7 Å². The van der Waals surface area contributed by atoms with E-state index in [1.54, 1.807) is 6.92 Å². The van der Waals surface area contributed by atoms with Gasteiger partial charge >= 0.3 is 0 Å². The number of carbonyl (C=O) groups excluding carboxylic acids is 3. The molecule has 2 saturated carbocycles. The van der Waals surface area contributed by atoms with Crippen LogP contribution in [0.5, 0.6) is 0 Å². The van der Waals surface area contributed by atoms with E-state index in [-0.39, 0.29) is 33.3 Å². The van der Waals surface area contributed by atoms with E-state index in [0.29, 0.717) is 37.1 Å². The first-order chi connectivity index (χ1) is 19.3. The number of anilines is 2. The maximum atomic E-state index is 14.0. The number of hydrogen-bond donors (Lipinski definition) is 3. The number of amides is 3. The van der Waals surface area contributed by atoms with Crippen LogP contribution < -0.4 is 21.3 Å². The maximum absolute atomic E-state index is 14.0. The van der Waals surface area contributed by atoms with Crippen LogP contribution in [0.2, 0.25) is 10.0 Å². The van der Waals surface area contributed by atoms with Gasteiger partial charge in [-0.2, -0.15) is 10.2 Å². The number of benzene rings is 1. The molecule has 41 heavy (non-hydrogen) atoms. The van der Waals surface area contributed by atoms with Crippen molar-refractivity contribution in [3.8, 4) is 0 Å². The molecule has 0 unspecified atom stereocenters. The first-order valence-electron chi connectivity index (χ1n) is 13.1. The van der Waals surface area contributed by atoms with Crippen LogP contribution in [0.25, 0.3) is 0 Å². The first-order valence-corrected chi connectivity index (χ1v) is 13.9. The van der Waals surface area contributed by atoms with Gasteiger partial charge < -0.3 is 16.4 Å². The van der Waals surface area contributed by atoms with Gasteiger partial charge in [0.2, 0.25) is 11.9 Å². The Bertz CT molecular complexity index is 1590. The molecule has 2 aromatic heterocycles. The van der Waals surface area contributed by atoms with Crippen LogP contribution in [0.3, 0.4) is 0 Å². The average Bonchev–Trinajstić information content (AvgIpc) is 3.82. The van der Waals surface area contributed by atoms with E-state index < -0.39 is 40.3 Å². The molecule has 6 rings (SSSR count). The molecule has 1 atom stereocenters. The summed E-state index contributed by atoms with van der Waals surface area (Å²) in [6, 6.07) is 5.37. The average molecular weight is 601 g/mol. The number of hydrogen-bond acceptors (Lipinski definition) is 7. The molecule has 0 saturated heterocycles. The molecule has 0 bridgehead atoms. The number of carbonyl (C=O) groups is 3. The third kappa shape index (κ3) is 4.54. The highest BCUT2D eigenvalue weighted by atomic mass is 35.5. The van der Waals surface area contributed by atoms with Gasteiger partial charge in [0.15, 0.2) is 5.82 Å². The van der Waals surface area contributed by atoms with Gasteiger partial charge in [-0.25, -0.2) is 14.3 Å². The minimum Gasteiger partial charge on any atom is -0.343 e. The number of nitrogens with two attached hydrogens (primary N) is 1. The molecule has 214 valence electrons. The number of imidazole rings is 1. The Hall–Kier alpha value is -3.61. The first kappa shape index (κ1) is 27.6. The van der Waals surface area contributed by atoms with E-state index >= 15 is 0 Å². The molecule has 14 heteroatoms. The van der Waals surface area contributed by atoms with E-state index in [1.807, 2.05) is 26.0 Å². The highest BCUT2D eigenvalue weighted by Crippen LogP contribution is 2.47. The van der Waals surface area contributed by atoms with Crippen molar-refractivity contribution in [2.75, 3.05) is 4.90 Å². The molecule has 0 spiro atoms. The molecule has 3 heterocycles. The van der Waals surface area contributed by atoms with Crippen LogP contribution in [0.1, 0.15) is 74.4 Å². The number of nitrogens with zero attached hydrogens (tertiary/aromatic N) is 5. The number of halogens is 3. The standard InChI is InChI=1S/C27H27Cl2FN8O3/c1-13-22(40)38(14-10-15(28)20(30)16(29)11-14)24-32-12-17(37(13)24)21(39)33-27(8-9-27)23(41)34-26(6-7-26)19-5-4-18(35-36-19)25(2,3)31/h4-5,10-13H,6-9,31H2,1-3H3,(H,33,39)(H,34,41)/t13-/m0/s1. The van der Waals surface area contributed by atoms with Crippen LogP contribution >= 0.6 is 23.2 Å². The quantitative estimate of drug-likeness (QED) is 0.351. The fourth-order valence-electron chi connectivity index (χ4n) is 5.03. The van der Waals surface area contributed by atoms with Crippen molar-refractivity contribution in [1.82, 2.24) is 30.4 Å². The van der Waals surface area contributed by atoms with Crippen molar-refractivity contribution in [3.05, 3.63) is 63.4 Å². The number of fused-ring (bicyclic) bond motifs is 1.